The molecule has 0 aromatic carbocycles. The summed E-state index contributed by atoms with van der Waals surface area (Å²) in [6.45, 7) is 4.36. The Hall–Kier alpha value is -0.240. The van der Waals surface area contributed by atoms with E-state index in [4.69, 9.17) is 9.47 Å². The molecule has 4 atom stereocenters. The lowest BCUT2D eigenvalue weighted by molar-refractivity contribution is -0.170. The Labute approximate surface area is 197 Å². The fourth-order valence-electron chi connectivity index (χ4n) is 3.97. The summed E-state index contributed by atoms with van der Waals surface area (Å²) >= 11 is 0. The molecular weight excluding hydrogens is 408 g/mol. The van der Waals surface area contributed by atoms with Crippen LogP contribution >= 0.6 is 0 Å². The number of ether oxygens (including phenoxy) is 2. The molecule has 0 heterocycles. The Morgan fingerprint density at radius 3 is 1.03 bits per heavy atom. The number of rotatable bonds is 25. The van der Waals surface area contributed by atoms with Crippen molar-refractivity contribution in [3.63, 3.8) is 0 Å². The minimum Gasteiger partial charge on any atom is -0.394 e. The monoisotopic (exact) mass is 462 g/mol. The highest BCUT2D eigenvalue weighted by Crippen LogP contribution is 2.17. The fourth-order valence-corrected chi connectivity index (χ4v) is 3.97. The Morgan fingerprint density at radius 1 is 0.469 bits per heavy atom. The maximum atomic E-state index is 10.3. The average molecular weight is 463 g/mol. The van der Waals surface area contributed by atoms with E-state index in [9.17, 15) is 20.4 Å². The minimum absolute atomic E-state index is 0.437. The van der Waals surface area contributed by atoms with E-state index in [-0.39, 0.29) is 0 Å². The molecule has 4 N–H and O–H groups in total. The minimum atomic E-state index is -1.16. The summed E-state index contributed by atoms with van der Waals surface area (Å²) in [7, 11) is 0. The van der Waals surface area contributed by atoms with E-state index in [1.807, 2.05) is 0 Å². The van der Waals surface area contributed by atoms with Crippen molar-refractivity contribution in [2.45, 2.75) is 141 Å². The van der Waals surface area contributed by atoms with E-state index in [0.29, 0.717) is 13.2 Å². The molecule has 0 unspecified atom stereocenters. The summed E-state index contributed by atoms with van der Waals surface area (Å²) in [6, 6.07) is 0. The largest absolute Gasteiger partial charge is 0.394 e. The second-order valence-corrected chi connectivity index (χ2v) is 9.12. The van der Waals surface area contributed by atoms with Crippen molar-refractivity contribution < 1.29 is 29.9 Å². The van der Waals surface area contributed by atoms with Crippen molar-refractivity contribution in [1.82, 2.24) is 0 Å². The van der Waals surface area contributed by atoms with Gasteiger partial charge in [0.05, 0.1) is 13.2 Å². The molecule has 0 saturated heterocycles. The second kappa shape index (κ2) is 23.9. The van der Waals surface area contributed by atoms with E-state index in [2.05, 4.69) is 13.8 Å². The van der Waals surface area contributed by atoms with Crippen LogP contribution in [0.3, 0.4) is 0 Å². The molecule has 6 nitrogen and oxygen atoms in total. The normalized spacial score (nSPS) is 15.6. The molecule has 0 aliphatic carbocycles. The molecule has 0 aromatic rings. The molecule has 0 aliphatic heterocycles. The molecule has 194 valence electrons. The predicted octanol–water partition coefficient (Wildman–Crippen LogP) is 4.74. The van der Waals surface area contributed by atoms with Crippen LogP contribution in [-0.4, -0.2) is 71.3 Å². The Morgan fingerprint density at radius 2 is 0.750 bits per heavy atom. The third-order valence-electron chi connectivity index (χ3n) is 6.07. The van der Waals surface area contributed by atoms with Crippen LogP contribution in [0.25, 0.3) is 0 Å². The Bertz CT molecular complexity index is 334. The standard InChI is InChI=1S/C26H54O6/c1-3-5-7-9-11-13-15-17-19-31-25(23(29)21-27)26(24(30)22-28)32-20-18-16-14-12-10-8-6-4-2/h23-30H,3-22H2,1-2H3/t23-,24-,25-,26-/m1/s1. The Kier molecular flexibility index (Phi) is 23.7. The van der Waals surface area contributed by atoms with Crippen LogP contribution in [-0.2, 0) is 9.47 Å². The van der Waals surface area contributed by atoms with Gasteiger partial charge in [0.25, 0.3) is 0 Å². The van der Waals surface area contributed by atoms with Crippen molar-refractivity contribution in [2.24, 2.45) is 0 Å². The van der Waals surface area contributed by atoms with Crippen molar-refractivity contribution in [3.8, 4) is 0 Å². The van der Waals surface area contributed by atoms with E-state index in [0.717, 1.165) is 38.5 Å². The van der Waals surface area contributed by atoms with Crippen LogP contribution in [0.15, 0.2) is 0 Å². The summed E-state index contributed by atoms with van der Waals surface area (Å²) in [4.78, 5) is 0. The molecule has 0 saturated carbocycles. The number of unbranched alkanes of at least 4 members (excludes halogenated alkanes) is 14. The smallest absolute Gasteiger partial charge is 0.114 e. The topological polar surface area (TPSA) is 99.4 Å². The highest BCUT2D eigenvalue weighted by atomic mass is 16.6. The third kappa shape index (κ3) is 17.3. The van der Waals surface area contributed by atoms with Gasteiger partial charge < -0.3 is 29.9 Å². The summed E-state index contributed by atoms with van der Waals surface area (Å²) in [6.07, 6.45) is 14.9. The summed E-state index contributed by atoms with van der Waals surface area (Å²) in [5.74, 6) is 0. The first-order chi connectivity index (χ1) is 15.6. The van der Waals surface area contributed by atoms with Gasteiger partial charge in [-0.25, -0.2) is 0 Å². The van der Waals surface area contributed by atoms with Crippen LogP contribution in [0.1, 0.15) is 117 Å². The molecule has 0 bridgehead atoms. The zero-order chi connectivity index (χ0) is 23.9. The highest BCUT2D eigenvalue weighted by Gasteiger charge is 2.34. The van der Waals surface area contributed by atoms with Gasteiger partial charge in [0.15, 0.2) is 0 Å². The van der Waals surface area contributed by atoms with Gasteiger partial charge >= 0.3 is 0 Å². The molecule has 0 amide bonds. The first kappa shape index (κ1) is 31.8. The lowest BCUT2D eigenvalue weighted by Crippen LogP contribution is -2.50. The molecule has 0 spiro atoms. The maximum absolute atomic E-state index is 10.3. The molecule has 0 aromatic heterocycles. The zero-order valence-electron chi connectivity index (χ0n) is 21.1. The van der Waals surface area contributed by atoms with Gasteiger partial charge in [-0.1, -0.05) is 104 Å². The predicted molar refractivity (Wildman–Crippen MR) is 131 cm³/mol. The summed E-state index contributed by atoms with van der Waals surface area (Å²) in [5.41, 5.74) is 0. The number of aliphatic hydroxyl groups excluding tert-OH is 4. The van der Waals surface area contributed by atoms with E-state index in [1.165, 1.54) is 64.2 Å². The van der Waals surface area contributed by atoms with Gasteiger partial charge in [-0.05, 0) is 12.8 Å². The number of hydrogen-bond acceptors (Lipinski definition) is 6. The van der Waals surface area contributed by atoms with E-state index >= 15 is 0 Å². The average Bonchev–Trinajstić information content (AvgIpc) is 2.81. The molecular formula is C26H54O6. The van der Waals surface area contributed by atoms with Gasteiger partial charge in [0.1, 0.15) is 24.4 Å². The maximum Gasteiger partial charge on any atom is 0.114 e. The van der Waals surface area contributed by atoms with E-state index < -0.39 is 37.6 Å². The van der Waals surface area contributed by atoms with Crippen molar-refractivity contribution in [2.75, 3.05) is 26.4 Å². The van der Waals surface area contributed by atoms with E-state index in [1.54, 1.807) is 0 Å². The van der Waals surface area contributed by atoms with Gasteiger partial charge in [-0.2, -0.15) is 0 Å². The van der Waals surface area contributed by atoms with Crippen LogP contribution in [0.4, 0.5) is 0 Å². The van der Waals surface area contributed by atoms with Gasteiger partial charge in [-0.15, -0.1) is 0 Å². The van der Waals surface area contributed by atoms with Crippen LogP contribution in [0, 0.1) is 0 Å². The zero-order valence-corrected chi connectivity index (χ0v) is 21.1. The van der Waals surface area contributed by atoms with Crippen molar-refractivity contribution >= 4 is 0 Å². The summed E-state index contributed by atoms with van der Waals surface area (Å²) in [5, 5.41) is 39.4. The lowest BCUT2D eigenvalue weighted by atomic mass is 10.0. The molecule has 0 fully saturated rings. The van der Waals surface area contributed by atoms with Gasteiger partial charge in [0.2, 0.25) is 0 Å². The molecule has 6 heteroatoms. The molecule has 0 rings (SSSR count). The number of hydrogen-bond donors (Lipinski definition) is 4. The SMILES string of the molecule is CCCCCCCCCCO[C@@H]([C@H](OCCCCCCCCCC)[C@H](O)CO)[C@H](O)CO. The quantitative estimate of drug-likeness (QED) is 0.146. The number of aliphatic hydroxyl groups is 4. The summed E-state index contributed by atoms with van der Waals surface area (Å²) < 4.78 is 11.7. The molecule has 0 aliphatic rings. The van der Waals surface area contributed by atoms with Crippen LogP contribution in [0.5, 0.6) is 0 Å². The first-order valence-corrected chi connectivity index (χ1v) is 13.4. The highest BCUT2D eigenvalue weighted by molar-refractivity contribution is 4.83. The van der Waals surface area contributed by atoms with Gasteiger partial charge in [-0.3, -0.25) is 0 Å². The van der Waals surface area contributed by atoms with Crippen LogP contribution < -0.4 is 0 Å². The molecule has 0 radical (unpaired) electrons. The van der Waals surface area contributed by atoms with Crippen molar-refractivity contribution in [3.05, 3.63) is 0 Å². The fraction of sp³-hybridized carbons (Fsp3) is 1.00. The first-order valence-electron chi connectivity index (χ1n) is 13.4. The second-order valence-electron chi connectivity index (χ2n) is 9.12. The van der Waals surface area contributed by atoms with Crippen LogP contribution in [0.2, 0.25) is 0 Å². The molecule has 32 heavy (non-hydrogen) atoms. The lowest BCUT2D eigenvalue weighted by Gasteiger charge is -2.32. The van der Waals surface area contributed by atoms with Gasteiger partial charge in [0, 0.05) is 13.2 Å². The Balaban J connectivity index is 4.29. The van der Waals surface area contributed by atoms with Crippen molar-refractivity contribution in [1.29, 1.82) is 0 Å². The third-order valence-corrected chi connectivity index (χ3v) is 6.07.